The third kappa shape index (κ3) is 6.89. The van der Waals surface area contributed by atoms with E-state index in [1.807, 2.05) is 48.5 Å². The number of carbonyl (C=O) groups is 2. The van der Waals surface area contributed by atoms with Gasteiger partial charge in [-0.2, -0.15) is 0 Å². The Hall–Kier alpha value is -3.39. The molecule has 37 heavy (non-hydrogen) atoms. The van der Waals surface area contributed by atoms with Crippen LogP contribution >= 0.6 is 11.3 Å². The number of thiazole rings is 1. The molecule has 1 fully saturated rings. The monoisotopic (exact) mass is 521 g/mol. The molecular weight excluding hydrogens is 486 g/mol. The molecule has 3 aromatic rings. The lowest BCUT2D eigenvalue weighted by Crippen LogP contribution is -2.53. The largest absolute Gasteiger partial charge is 0.493 e. The maximum Gasteiger partial charge on any atom is 0.271 e. The molecule has 1 heterocycles. The standard InChI is InChI=1S/C29H35N3O4S/c1-29(2,3)20-15-13-19(14-16-20)27(33)31-21-9-5-6-10-22(21)32-28(34)23-18-37-26(30-23)17-36-25-12-8-7-11-24(25)35-4/h7-8,11-16,18,21-22H,5-6,9-10,17H2,1-4H3,(H,31,33)(H,32,34)/t21-,22+/m0/s1. The molecule has 2 aromatic carbocycles. The van der Waals surface area contributed by atoms with Gasteiger partial charge in [0.1, 0.15) is 17.3 Å². The van der Waals surface area contributed by atoms with E-state index < -0.39 is 0 Å². The summed E-state index contributed by atoms with van der Waals surface area (Å²) in [4.78, 5) is 30.4. The molecule has 0 bridgehead atoms. The van der Waals surface area contributed by atoms with Crippen molar-refractivity contribution in [1.82, 2.24) is 15.6 Å². The minimum absolute atomic E-state index is 0.0316. The number of nitrogens with one attached hydrogen (secondary N) is 2. The van der Waals surface area contributed by atoms with Crippen molar-refractivity contribution in [2.45, 2.75) is 70.6 Å². The highest BCUT2D eigenvalue weighted by Crippen LogP contribution is 2.27. The minimum Gasteiger partial charge on any atom is -0.493 e. The lowest BCUT2D eigenvalue weighted by molar-refractivity contribution is 0.0860. The van der Waals surface area contributed by atoms with Crippen molar-refractivity contribution in [3.8, 4) is 11.5 Å². The van der Waals surface area contributed by atoms with Gasteiger partial charge in [0.2, 0.25) is 0 Å². The van der Waals surface area contributed by atoms with E-state index in [4.69, 9.17) is 9.47 Å². The second-order valence-electron chi connectivity index (χ2n) is 10.3. The fourth-order valence-corrected chi connectivity index (χ4v) is 5.14. The van der Waals surface area contributed by atoms with E-state index in [2.05, 4.69) is 36.4 Å². The number of para-hydroxylation sites is 2. The fraction of sp³-hybridized carbons (Fsp3) is 0.414. The molecule has 7 nitrogen and oxygen atoms in total. The fourth-order valence-electron chi connectivity index (χ4n) is 4.45. The molecular formula is C29H35N3O4S. The number of hydrogen-bond donors (Lipinski definition) is 2. The first-order valence-corrected chi connectivity index (χ1v) is 13.5. The van der Waals surface area contributed by atoms with Crippen molar-refractivity contribution in [3.63, 3.8) is 0 Å². The quantitative estimate of drug-likeness (QED) is 0.409. The Morgan fingerprint density at radius 1 is 0.946 bits per heavy atom. The van der Waals surface area contributed by atoms with Gasteiger partial charge in [-0.05, 0) is 48.1 Å². The molecule has 196 valence electrons. The van der Waals surface area contributed by atoms with Crippen LogP contribution in [0, 0.1) is 0 Å². The van der Waals surface area contributed by atoms with Crippen LogP contribution in [0.15, 0.2) is 53.9 Å². The lowest BCUT2D eigenvalue weighted by Gasteiger charge is -2.32. The van der Waals surface area contributed by atoms with Gasteiger partial charge in [0.05, 0.1) is 7.11 Å². The van der Waals surface area contributed by atoms with Gasteiger partial charge in [-0.25, -0.2) is 4.98 Å². The van der Waals surface area contributed by atoms with E-state index in [0.29, 0.717) is 27.8 Å². The maximum atomic E-state index is 13.0. The topological polar surface area (TPSA) is 89.6 Å². The summed E-state index contributed by atoms with van der Waals surface area (Å²) in [6.07, 6.45) is 3.66. The summed E-state index contributed by atoms with van der Waals surface area (Å²) in [7, 11) is 1.59. The van der Waals surface area contributed by atoms with E-state index in [-0.39, 0.29) is 35.9 Å². The average molecular weight is 522 g/mol. The van der Waals surface area contributed by atoms with E-state index in [1.165, 1.54) is 16.9 Å². The van der Waals surface area contributed by atoms with Crippen LogP contribution in [0.5, 0.6) is 11.5 Å². The van der Waals surface area contributed by atoms with Gasteiger partial charge in [0.15, 0.2) is 11.5 Å². The lowest BCUT2D eigenvalue weighted by atomic mass is 9.86. The van der Waals surface area contributed by atoms with Crippen LogP contribution in [-0.2, 0) is 12.0 Å². The van der Waals surface area contributed by atoms with Gasteiger partial charge in [-0.3, -0.25) is 9.59 Å². The summed E-state index contributed by atoms with van der Waals surface area (Å²) in [5, 5.41) is 8.69. The van der Waals surface area contributed by atoms with Crippen molar-refractivity contribution in [2.75, 3.05) is 7.11 Å². The molecule has 2 N–H and O–H groups in total. The van der Waals surface area contributed by atoms with Crippen LogP contribution in [0.1, 0.15) is 77.9 Å². The van der Waals surface area contributed by atoms with Gasteiger partial charge < -0.3 is 20.1 Å². The zero-order valence-corrected chi connectivity index (χ0v) is 22.7. The van der Waals surface area contributed by atoms with Gasteiger partial charge in [0.25, 0.3) is 11.8 Å². The highest BCUT2D eigenvalue weighted by atomic mass is 32.1. The molecule has 0 saturated heterocycles. The SMILES string of the molecule is COc1ccccc1OCc1nc(C(=O)N[C@@H]2CCCC[C@@H]2NC(=O)c2ccc(C(C)(C)C)cc2)cs1. The van der Waals surface area contributed by atoms with Gasteiger partial charge in [-0.1, -0.05) is 57.9 Å². The van der Waals surface area contributed by atoms with Crippen molar-refractivity contribution in [2.24, 2.45) is 0 Å². The second-order valence-corrected chi connectivity index (χ2v) is 11.3. The van der Waals surface area contributed by atoms with E-state index in [1.54, 1.807) is 12.5 Å². The van der Waals surface area contributed by atoms with Crippen LogP contribution < -0.4 is 20.1 Å². The highest BCUT2D eigenvalue weighted by molar-refractivity contribution is 7.09. The van der Waals surface area contributed by atoms with Crippen molar-refractivity contribution in [1.29, 1.82) is 0 Å². The molecule has 1 aliphatic rings. The van der Waals surface area contributed by atoms with Crippen LogP contribution in [0.2, 0.25) is 0 Å². The van der Waals surface area contributed by atoms with Crippen LogP contribution in [0.3, 0.4) is 0 Å². The summed E-state index contributed by atoms with van der Waals surface area (Å²) in [6.45, 7) is 6.69. The van der Waals surface area contributed by atoms with Crippen LogP contribution in [0.4, 0.5) is 0 Å². The molecule has 0 aliphatic heterocycles. The van der Waals surface area contributed by atoms with Crippen LogP contribution in [-0.4, -0.2) is 36.0 Å². The third-order valence-electron chi connectivity index (χ3n) is 6.62. The summed E-state index contributed by atoms with van der Waals surface area (Å²) < 4.78 is 11.1. The van der Waals surface area contributed by atoms with Crippen LogP contribution in [0.25, 0.3) is 0 Å². The Morgan fingerprint density at radius 2 is 1.57 bits per heavy atom. The van der Waals surface area contributed by atoms with Gasteiger partial charge in [-0.15, -0.1) is 11.3 Å². The Morgan fingerprint density at radius 3 is 2.19 bits per heavy atom. The van der Waals surface area contributed by atoms with Crippen molar-refractivity contribution in [3.05, 3.63) is 75.7 Å². The third-order valence-corrected chi connectivity index (χ3v) is 7.44. The summed E-state index contributed by atoms with van der Waals surface area (Å²) in [5.74, 6) is 0.920. The number of methoxy groups -OCH3 is 1. The number of aromatic nitrogens is 1. The summed E-state index contributed by atoms with van der Waals surface area (Å²) in [5.41, 5.74) is 2.20. The summed E-state index contributed by atoms with van der Waals surface area (Å²) >= 11 is 1.38. The number of carbonyl (C=O) groups excluding carboxylic acids is 2. The highest BCUT2D eigenvalue weighted by Gasteiger charge is 2.29. The zero-order chi connectivity index (χ0) is 26.4. The smallest absolute Gasteiger partial charge is 0.271 e. The molecule has 2 amide bonds. The number of ether oxygens (including phenoxy) is 2. The Bertz CT molecular complexity index is 1220. The molecule has 0 spiro atoms. The molecule has 4 rings (SSSR count). The first-order valence-electron chi connectivity index (χ1n) is 12.7. The van der Waals surface area contributed by atoms with E-state index in [0.717, 1.165) is 25.7 Å². The van der Waals surface area contributed by atoms with Gasteiger partial charge in [0, 0.05) is 23.0 Å². The summed E-state index contributed by atoms with van der Waals surface area (Å²) in [6, 6.07) is 14.9. The first kappa shape index (κ1) is 26.7. The Balaban J connectivity index is 1.35. The number of hydrogen-bond acceptors (Lipinski definition) is 6. The van der Waals surface area contributed by atoms with Crippen molar-refractivity contribution >= 4 is 23.2 Å². The predicted octanol–water partition coefficient (Wildman–Crippen LogP) is 5.50. The normalized spacial score (nSPS) is 17.6. The maximum absolute atomic E-state index is 13.0. The second kappa shape index (κ2) is 11.8. The average Bonchev–Trinajstić information content (AvgIpc) is 3.37. The number of benzene rings is 2. The molecule has 1 aliphatic carbocycles. The molecule has 1 saturated carbocycles. The van der Waals surface area contributed by atoms with E-state index in [9.17, 15) is 9.59 Å². The molecule has 8 heteroatoms. The number of rotatable bonds is 8. The molecule has 1 aromatic heterocycles. The predicted molar refractivity (Wildman–Crippen MR) is 146 cm³/mol. The molecule has 0 radical (unpaired) electrons. The van der Waals surface area contributed by atoms with E-state index >= 15 is 0 Å². The first-order chi connectivity index (χ1) is 17.7. The minimum atomic E-state index is -0.236. The molecule has 2 atom stereocenters. The Labute approximate surface area is 222 Å². The zero-order valence-electron chi connectivity index (χ0n) is 21.9. The molecule has 0 unspecified atom stereocenters. The Kier molecular flexibility index (Phi) is 8.48. The number of amides is 2. The number of nitrogens with zero attached hydrogens (tertiary/aromatic N) is 1. The van der Waals surface area contributed by atoms with Gasteiger partial charge >= 0.3 is 0 Å². The van der Waals surface area contributed by atoms with Crippen molar-refractivity contribution < 1.29 is 19.1 Å².